The minimum atomic E-state index is 0.911. The molecule has 74 valence electrons. The summed E-state index contributed by atoms with van der Waals surface area (Å²) >= 11 is 7.93. The average molecular weight is 242 g/mol. The van der Waals surface area contributed by atoms with Gasteiger partial charge in [-0.15, -0.1) is 35.7 Å². The zero-order valence-corrected chi connectivity index (χ0v) is 10.4. The third-order valence-corrected chi connectivity index (χ3v) is 4.57. The monoisotopic (exact) mass is 242 g/mol. The summed E-state index contributed by atoms with van der Waals surface area (Å²) in [5, 5.41) is 3.28. The molecule has 0 spiro atoms. The summed E-state index contributed by atoms with van der Waals surface area (Å²) in [7, 11) is 1.69. The number of hydrogen-bond acceptors (Lipinski definition) is 4. The van der Waals surface area contributed by atoms with Crippen molar-refractivity contribution in [3.63, 3.8) is 0 Å². The van der Waals surface area contributed by atoms with E-state index in [0.29, 0.717) is 0 Å². The molecule has 1 aromatic carbocycles. The van der Waals surface area contributed by atoms with E-state index >= 15 is 0 Å². The second kappa shape index (κ2) is 4.04. The van der Waals surface area contributed by atoms with Gasteiger partial charge in [0.2, 0.25) is 0 Å². The number of thiophene rings is 1. The maximum atomic E-state index is 5.33. The summed E-state index contributed by atoms with van der Waals surface area (Å²) in [5.41, 5.74) is 0. The van der Waals surface area contributed by atoms with E-state index in [2.05, 4.69) is 30.1 Å². The molecule has 0 aliphatic rings. The lowest BCUT2D eigenvalue weighted by molar-refractivity contribution is 0.403. The van der Waals surface area contributed by atoms with Crippen molar-refractivity contribution in [2.75, 3.05) is 13.4 Å². The van der Waals surface area contributed by atoms with Crippen molar-refractivity contribution < 1.29 is 4.74 Å². The van der Waals surface area contributed by atoms with E-state index in [4.69, 9.17) is 4.74 Å². The van der Waals surface area contributed by atoms with Gasteiger partial charge in [0.25, 0.3) is 0 Å². The maximum absolute atomic E-state index is 5.33. The Bertz CT molecular complexity index is 462. The number of methoxy groups -OCH3 is 1. The van der Waals surface area contributed by atoms with Crippen molar-refractivity contribution in [1.29, 1.82) is 0 Å². The molecule has 0 bridgehead atoms. The summed E-state index contributed by atoms with van der Waals surface area (Å²) < 4.78 is 6.56. The number of thioether (sulfide) groups is 1. The quantitative estimate of drug-likeness (QED) is 0.631. The highest BCUT2D eigenvalue weighted by Gasteiger charge is 2.11. The normalized spacial score (nSPS) is 10.8. The molecule has 1 heterocycles. The van der Waals surface area contributed by atoms with Crippen LogP contribution in [0.3, 0.4) is 0 Å². The van der Waals surface area contributed by atoms with Gasteiger partial charge < -0.3 is 4.74 Å². The summed E-state index contributed by atoms with van der Waals surface area (Å²) in [6.45, 7) is 0. The Balaban J connectivity index is 2.79. The molecule has 2 aromatic rings. The Kier molecular flexibility index (Phi) is 2.95. The largest absolute Gasteiger partial charge is 0.496 e. The van der Waals surface area contributed by atoms with Crippen LogP contribution in [0.1, 0.15) is 0 Å². The van der Waals surface area contributed by atoms with Crippen LogP contribution in [0.2, 0.25) is 0 Å². The Labute approximate surface area is 96.9 Å². The number of fused-ring (bicyclic) bond motifs is 1. The van der Waals surface area contributed by atoms with E-state index < -0.39 is 0 Å². The minimum Gasteiger partial charge on any atom is -0.496 e. The molecule has 0 N–H and O–H groups in total. The SMILES string of the molecule is COc1cc2ccsc2c(S)c1SC. The fourth-order valence-corrected chi connectivity index (χ4v) is 3.60. The van der Waals surface area contributed by atoms with Gasteiger partial charge in [-0.05, 0) is 29.2 Å². The molecule has 0 fully saturated rings. The first-order chi connectivity index (χ1) is 6.77. The lowest BCUT2D eigenvalue weighted by Crippen LogP contribution is -1.87. The van der Waals surface area contributed by atoms with Gasteiger partial charge in [0, 0.05) is 9.60 Å². The lowest BCUT2D eigenvalue weighted by atomic mass is 10.2. The predicted octanol–water partition coefficient (Wildman–Crippen LogP) is 3.92. The molecule has 4 heteroatoms. The summed E-state index contributed by atoms with van der Waals surface area (Å²) in [6.07, 6.45) is 2.04. The second-order valence-corrected chi connectivity index (χ2v) is 4.98. The Hall–Kier alpha value is -0.320. The zero-order chi connectivity index (χ0) is 10.1. The third-order valence-electron chi connectivity index (χ3n) is 2.06. The predicted molar refractivity (Wildman–Crippen MR) is 67.4 cm³/mol. The van der Waals surface area contributed by atoms with Gasteiger partial charge in [-0.3, -0.25) is 0 Å². The van der Waals surface area contributed by atoms with Crippen LogP contribution in [0, 0.1) is 0 Å². The van der Waals surface area contributed by atoms with Crippen molar-refractivity contribution in [1.82, 2.24) is 0 Å². The Morgan fingerprint density at radius 1 is 1.50 bits per heavy atom. The molecular weight excluding hydrogens is 232 g/mol. The number of rotatable bonds is 2. The van der Waals surface area contributed by atoms with Gasteiger partial charge in [-0.25, -0.2) is 0 Å². The first kappa shape index (κ1) is 10.2. The molecule has 1 nitrogen and oxygen atoms in total. The standard InChI is InChI=1S/C10H10OS3/c1-11-7-5-6-3-4-14-9(6)8(12)10(7)13-2/h3-5,12H,1-2H3. The van der Waals surface area contributed by atoms with E-state index in [1.165, 1.54) is 10.1 Å². The molecule has 0 atom stereocenters. The van der Waals surface area contributed by atoms with Crippen molar-refractivity contribution >= 4 is 45.8 Å². The fourth-order valence-electron chi connectivity index (χ4n) is 1.40. The third kappa shape index (κ3) is 1.51. The Morgan fingerprint density at radius 3 is 2.93 bits per heavy atom. The molecule has 0 unspecified atom stereocenters. The van der Waals surface area contributed by atoms with Crippen LogP contribution in [0.15, 0.2) is 27.3 Å². The molecule has 0 aliphatic heterocycles. The van der Waals surface area contributed by atoms with Crippen LogP contribution in [0.4, 0.5) is 0 Å². The molecule has 1 aromatic heterocycles. The number of ether oxygens (including phenoxy) is 1. The first-order valence-electron chi connectivity index (χ1n) is 4.09. The van der Waals surface area contributed by atoms with Gasteiger partial charge in [-0.2, -0.15) is 0 Å². The molecule has 0 amide bonds. The molecular formula is C10H10OS3. The van der Waals surface area contributed by atoms with E-state index in [9.17, 15) is 0 Å². The van der Waals surface area contributed by atoms with Crippen molar-refractivity contribution in [2.45, 2.75) is 9.79 Å². The van der Waals surface area contributed by atoms with Gasteiger partial charge >= 0.3 is 0 Å². The molecule has 2 rings (SSSR count). The highest BCUT2D eigenvalue weighted by atomic mass is 32.2. The summed E-state index contributed by atoms with van der Waals surface area (Å²) in [4.78, 5) is 2.15. The highest BCUT2D eigenvalue weighted by molar-refractivity contribution is 7.99. The van der Waals surface area contributed by atoms with Crippen LogP contribution in [0.5, 0.6) is 5.75 Å². The molecule has 14 heavy (non-hydrogen) atoms. The minimum absolute atomic E-state index is 0.911. The summed E-state index contributed by atoms with van der Waals surface area (Å²) in [5.74, 6) is 0.911. The maximum Gasteiger partial charge on any atom is 0.134 e. The van der Waals surface area contributed by atoms with Crippen molar-refractivity contribution in [3.8, 4) is 5.75 Å². The fraction of sp³-hybridized carbons (Fsp3) is 0.200. The summed E-state index contributed by atoms with van der Waals surface area (Å²) in [6, 6.07) is 4.16. The van der Waals surface area contributed by atoms with Crippen molar-refractivity contribution in [2.24, 2.45) is 0 Å². The van der Waals surface area contributed by atoms with Gasteiger partial charge in [0.05, 0.1) is 12.0 Å². The van der Waals surface area contributed by atoms with Gasteiger partial charge in [0.15, 0.2) is 0 Å². The molecule has 0 saturated carbocycles. The molecule has 0 saturated heterocycles. The smallest absolute Gasteiger partial charge is 0.134 e. The zero-order valence-electron chi connectivity index (χ0n) is 7.90. The van der Waals surface area contributed by atoms with Crippen LogP contribution < -0.4 is 4.74 Å². The van der Waals surface area contributed by atoms with Crippen LogP contribution in [-0.2, 0) is 0 Å². The highest BCUT2D eigenvalue weighted by Crippen LogP contribution is 2.41. The number of hydrogen-bond donors (Lipinski definition) is 1. The van der Waals surface area contributed by atoms with Crippen LogP contribution in [-0.4, -0.2) is 13.4 Å². The van der Waals surface area contributed by atoms with Crippen molar-refractivity contribution in [3.05, 3.63) is 17.5 Å². The van der Waals surface area contributed by atoms with Gasteiger partial charge in [-0.1, -0.05) is 0 Å². The molecule has 0 radical (unpaired) electrons. The van der Waals surface area contributed by atoms with E-state index in [-0.39, 0.29) is 0 Å². The van der Waals surface area contributed by atoms with Crippen LogP contribution >= 0.6 is 35.7 Å². The number of thiol groups is 1. The molecule has 0 aliphatic carbocycles. The lowest BCUT2D eigenvalue weighted by Gasteiger charge is -2.09. The van der Waals surface area contributed by atoms with E-state index in [1.807, 2.05) is 6.26 Å². The van der Waals surface area contributed by atoms with E-state index in [1.54, 1.807) is 30.2 Å². The Morgan fingerprint density at radius 2 is 2.29 bits per heavy atom. The van der Waals surface area contributed by atoms with E-state index in [0.717, 1.165) is 15.5 Å². The first-order valence-corrected chi connectivity index (χ1v) is 6.64. The topological polar surface area (TPSA) is 9.23 Å². The second-order valence-electron chi connectivity index (χ2n) is 2.80. The number of benzene rings is 1. The average Bonchev–Trinajstić information content (AvgIpc) is 2.65. The van der Waals surface area contributed by atoms with Crippen LogP contribution in [0.25, 0.3) is 10.1 Å². The van der Waals surface area contributed by atoms with Gasteiger partial charge in [0.1, 0.15) is 5.75 Å².